The van der Waals surface area contributed by atoms with Gasteiger partial charge in [0.25, 0.3) is 5.91 Å². The third kappa shape index (κ3) is 6.05. The first-order valence-corrected chi connectivity index (χ1v) is 13.1. The highest BCUT2D eigenvalue weighted by molar-refractivity contribution is 5.94. The van der Waals surface area contributed by atoms with Gasteiger partial charge in [-0.25, -0.2) is 4.98 Å². The molecular weight excluding hydrogens is 452 g/mol. The molecule has 3 aromatic rings. The summed E-state index contributed by atoms with van der Waals surface area (Å²) in [4.78, 5) is 26.8. The number of likely N-dealkylation sites (tertiary alicyclic amines) is 1. The SMILES string of the molecule is CN1CCC(NC(=O)c2ccc(OCCNc3nc(N4CCCCC4)nc4ccccc34)cc2)CC1. The maximum Gasteiger partial charge on any atom is 0.251 e. The first-order chi connectivity index (χ1) is 17.7. The summed E-state index contributed by atoms with van der Waals surface area (Å²) in [6.45, 7) is 5.16. The third-order valence-corrected chi connectivity index (χ3v) is 7.06. The molecule has 8 nitrogen and oxygen atoms in total. The summed E-state index contributed by atoms with van der Waals surface area (Å²) in [7, 11) is 2.12. The Morgan fingerprint density at radius 3 is 2.50 bits per heavy atom. The predicted molar refractivity (Wildman–Crippen MR) is 144 cm³/mol. The molecule has 1 amide bonds. The van der Waals surface area contributed by atoms with Gasteiger partial charge in [-0.1, -0.05) is 12.1 Å². The fourth-order valence-corrected chi connectivity index (χ4v) is 4.90. The van der Waals surface area contributed by atoms with Crippen molar-refractivity contribution in [2.75, 3.05) is 56.6 Å². The molecule has 0 saturated carbocycles. The Bertz CT molecular complexity index is 1150. The van der Waals surface area contributed by atoms with Crippen LogP contribution in [0.2, 0.25) is 0 Å². The number of nitrogens with zero attached hydrogens (tertiary/aromatic N) is 4. The van der Waals surface area contributed by atoms with E-state index < -0.39 is 0 Å². The van der Waals surface area contributed by atoms with Crippen LogP contribution >= 0.6 is 0 Å². The Kier molecular flexibility index (Phi) is 7.81. The number of rotatable bonds is 8. The minimum Gasteiger partial charge on any atom is -0.492 e. The lowest BCUT2D eigenvalue weighted by Crippen LogP contribution is -2.43. The number of fused-ring (bicyclic) bond motifs is 1. The minimum absolute atomic E-state index is 0.0158. The average molecular weight is 489 g/mol. The molecule has 2 N–H and O–H groups in total. The Labute approximate surface area is 213 Å². The van der Waals surface area contributed by atoms with Crippen molar-refractivity contribution in [3.8, 4) is 5.75 Å². The van der Waals surface area contributed by atoms with Gasteiger partial charge in [-0.2, -0.15) is 4.98 Å². The maximum absolute atomic E-state index is 12.6. The zero-order valence-corrected chi connectivity index (χ0v) is 21.1. The van der Waals surface area contributed by atoms with Gasteiger partial charge in [0.2, 0.25) is 5.95 Å². The summed E-state index contributed by atoms with van der Waals surface area (Å²) in [5.41, 5.74) is 1.61. The van der Waals surface area contributed by atoms with Crippen LogP contribution in [0.3, 0.4) is 0 Å². The fraction of sp³-hybridized carbons (Fsp3) is 0.464. The number of carbonyl (C=O) groups is 1. The monoisotopic (exact) mass is 488 g/mol. The third-order valence-electron chi connectivity index (χ3n) is 7.06. The number of para-hydroxylation sites is 1. The number of hydrogen-bond donors (Lipinski definition) is 2. The van der Waals surface area contributed by atoms with Crippen molar-refractivity contribution >= 4 is 28.6 Å². The van der Waals surface area contributed by atoms with E-state index in [-0.39, 0.29) is 11.9 Å². The molecule has 36 heavy (non-hydrogen) atoms. The summed E-state index contributed by atoms with van der Waals surface area (Å²) in [5.74, 6) is 2.36. The molecule has 2 fully saturated rings. The Morgan fingerprint density at radius 2 is 1.72 bits per heavy atom. The van der Waals surface area contributed by atoms with Gasteiger partial charge in [0, 0.05) is 30.1 Å². The van der Waals surface area contributed by atoms with Crippen molar-refractivity contribution < 1.29 is 9.53 Å². The Hall–Kier alpha value is -3.39. The van der Waals surface area contributed by atoms with Gasteiger partial charge < -0.3 is 25.2 Å². The lowest BCUT2D eigenvalue weighted by atomic mass is 10.0. The van der Waals surface area contributed by atoms with Crippen LogP contribution < -0.4 is 20.3 Å². The highest BCUT2D eigenvalue weighted by atomic mass is 16.5. The molecule has 2 aliphatic heterocycles. The van der Waals surface area contributed by atoms with E-state index >= 15 is 0 Å². The summed E-state index contributed by atoms with van der Waals surface area (Å²) < 4.78 is 5.93. The molecule has 8 heteroatoms. The average Bonchev–Trinajstić information content (AvgIpc) is 2.93. The lowest BCUT2D eigenvalue weighted by molar-refractivity contribution is 0.0917. The summed E-state index contributed by atoms with van der Waals surface area (Å²) in [6.07, 6.45) is 5.64. The quantitative estimate of drug-likeness (QED) is 0.465. The number of benzene rings is 2. The van der Waals surface area contributed by atoms with Crippen molar-refractivity contribution in [2.45, 2.75) is 38.1 Å². The molecule has 0 unspecified atom stereocenters. The standard InChI is InChI=1S/C28H36N6O2/c1-33-18-13-22(14-19-33)30-27(35)21-9-11-23(12-10-21)36-20-15-29-26-24-7-3-4-8-25(24)31-28(32-26)34-16-5-2-6-17-34/h3-4,7-12,22H,2,5-6,13-20H2,1H3,(H,30,35)(H,29,31,32). The highest BCUT2D eigenvalue weighted by Gasteiger charge is 2.19. The number of ether oxygens (including phenoxy) is 1. The van der Waals surface area contributed by atoms with E-state index in [9.17, 15) is 4.79 Å². The second-order valence-corrected chi connectivity index (χ2v) is 9.79. The molecule has 1 aromatic heterocycles. The van der Waals surface area contributed by atoms with E-state index in [1.165, 1.54) is 19.3 Å². The van der Waals surface area contributed by atoms with Crippen LogP contribution in [0.4, 0.5) is 11.8 Å². The van der Waals surface area contributed by atoms with Crippen molar-refractivity contribution in [1.82, 2.24) is 20.2 Å². The van der Waals surface area contributed by atoms with Crippen LogP contribution in [-0.2, 0) is 0 Å². The van der Waals surface area contributed by atoms with Crippen LogP contribution in [0.25, 0.3) is 10.9 Å². The molecule has 2 aromatic carbocycles. The normalized spacial score (nSPS) is 17.2. The van der Waals surface area contributed by atoms with E-state index in [2.05, 4.69) is 27.5 Å². The van der Waals surface area contributed by atoms with E-state index in [1.54, 1.807) is 0 Å². The largest absolute Gasteiger partial charge is 0.492 e. The molecule has 0 spiro atoms. The van der Waals surface area contributed by atoms with Gasteiger partial charge in [0.1, 0.15) is 18.2 Å². The van der Waals surface area contributed by atoms with Crippen LogP contribution in [0.15, 0.2) is 48.5 Å². The van der Waals surface area contributed by atoms with Crippen molar-refractivity contribution in [1.29, 1.82) is 0 Å². The molecule has 0 aliphatic carbocycles. The molecule has 2 aliphatic rings. The Morgan fingerprint density at radius 1 is 0.972 bits per heavy atom. The van der Waals surface area contributed by atoms with Gasteiger partial charge in [0.15, 0.2) is 0 Å². The summed E-state index contributed by atoms with van der Waals surface area (Å²) in [6, 6.07) is 15.7. The van der Waals surface area contributed by atoms with Crippen LogP contribution in [-0.4, -0.2) is 73.2 Å². The number of amides is 1. The molecular formula is C28H36N6O2. The zero-order chi connectivity index (χ0) is 24.7. The van der Waals surface area contributed by atoms with Crippen LogP contribution in [0.5, 0.6) is 5.75 Å². The van der Waals surface area contributed by atoms with Gasteiger partial charge in [0.05, 0.1) is 12.1 Å². The van der Waals surface area contributed by atoms with Crippen molar-refractivity contribution in [2.24, 2.45) is 0 Å². The summed E-state index contributed by atoms with van der Waals surface area (Å²) >= 11 is 0. The zero-order valence-electron chi connectivity index (χ0n) is 21.1. The molecule has 0 radical (unpaired) electrons. The van der Waals surface area contributed by atoms with Crippen LogP contribution in [0.1, 0.15) is 42.5 Å². The minimum atomic E-state index is -0.0158. The lowest BCUT2D eigenvalue weighted by Gasteiger charge is -2.29. The smallest absolute Gasteiger partial charge is 0.251 e. The molecule has 5 rings (SSSR count). The van der Waals surface area contributed by atoms with Gasteiger partial charge >= 0.3 is 0 Å². The highest BCUT2D eigenvalue weighted by Crippen LogP contribution is 2.25. The molecule has 0 bridgehead atoms. The Balaban J connectivity index is 1.14. The topological polar surface area (TPSA) is 82.6 Å². The second-order valence-electron chi connectivity index (χ2n) is 9.79. The van der Waals surface area contributed by atoms with E-state index in [0.717, 1.165) is 67.4 Å². The van der Waals surface area contributed by atoms with E-state index in [0.29, 0.717) is 18.7 Å². The second kappa shape index (κ2) is 11.6. The predicted octanol–water partition coefficient (Wildman–Crippen LogP) is 3.94. The van der Waals surface area contributed by atoms with E-state index in [4.69, 9.17) is 14.7 Å². The first kappa shape index (κ1) is 24.3. The molecule has 2 saturated heterocycles. The number of carbonyl (C=O) groups excluding carboxylic acids is 1. The summed E-state index contributed by atoms with van der Waals surface area (Å²) in [5, 5.41) is 7.61. The molecule has 190 valence electrons. The van der Waals surface area contributed by atoms with Gasteiger partial charge in [-0.15, -0.1) is 0 Å². The number of aromatic nitrogens is 2. The first-order valence-electron chi connectivity index (χ1n) is 13.1. The van der Waals surface area contributed by atoms with Crippen LogP contribution in [0, 0.1) is 0 Å². The number of piperidine rings is 2. The number of nitrogens with one attached hydrogen (secondary N) is 2. The number of hydrogen-bond acceptors (Lipinski definition) is 7. The maximum atomic E-state index is 12.6. The number of anilines is 2. The molecule has 0 atom stereocenters. The van der Waals surface area contributed by atoms with Gasteiger partial charge in [-0.3, -0.25) is 4.79 Å². The molecule has 3 heterocycles. The fourth-order valence-electron chi connectivity index (χ4n) is 4.90. The van der Waals surface area contributed by atoms with E-state index in [1.807, 2.05) is 48.5 Å². The van der Waals surface area contributed by atoms with Gasteiger partial charge in [-0.05, 0) is 88.6 Å². The van der Waals surface area contributed by atoms with Crippen molar-refractivity contribution in [3.63, 3.8) is 0 Å². The van der Waals surface area contributed by atoms with Crippen molar-refractivity contribution in [3.05, 3.63) is 54.1 Å².